The maximum Gasteiger partial charge on any atom is 0.160 e. The highest BCUT2D eigenvalue weighted by Crippen LogP contribution is 2.26. The lowest BCUT2D eigenvalue weighted by atomic mass is 10.2. The topological polar surface area (TPSA) is 30.7 Å². The van der Waals surface area contributed by atoms with E-state index in [4.69, 9.17) is 11.6 Å². The first-order valence-corrected chi connectivity index (χ1v) is 7.66. The molecule has 0 bridgehead atoms. The van der Waals surface area contributed by atoms with Crippen LogP contribution < -0.4 is 0 Å². The van der Waals surface area contributed by atoms with Gasteiger partial charge in [-0.05, 0) is 39.2 Å². The monoisotopic (exact) mass is 283 g/mol. The first-order chi connectivity index (χ1) is 8.46. The van der Waals surface area contributed by atoms with Crippen molar-refractivity contribution in [3.05, 3.63) is 23.7 Å². The van der Waals surface area contributed by atoms with Crippen LogP contribution in [0.3, 0.4) is 0 Å². The molecule has 0 aliphatic rings. The normalized spacial score (nSPS) is 12.3. The smallest absolute Gasteiger partial charge is 0.160 e. The van der Waals surface area contributed by atoms with E-state index in [-0.39, 0.29) is 4.75 Å². The van der Waals surface area contributed by atoms with Gasteiger partial charge in [0.25, 0.3) is 0 Å². The maximum atomic E-state index is 6.00. The molecule has 0 saturated carbocycles. The second-order valence-corrected chi connectivity index (χ2v) is 6.79. The van der Waals surface area contributed by atoms with E-state index < -0.39 is 0 Å². The summed E-state index contributed by atoms with van der Waals surface area (Å²) in [6.07, 6.45) is 2.12. The molecule has 0 saturated heterocycles. The summed E-state index contributed by atoms with van der Waals surface area (Å²) in [4.78, 5) is 9.15. The lowest BCUT2D eigenvalue weighted by molar-refractivity contribution is 0.563. The van der Waals surface area contributed by atoms with Gasteiger partial charge < -0.3 is 4.57 Å². The molecule has 0 radical (unpaired) electrons. The lowest BCUT2D eigenvalue weighted by Crippen LogP contribution is -2.23. The van der Waals surface area contributed by atoms with E-state index >= 15 is 0 Å². The van der Waals surface area contributed by atoms with E-state index in [1.807, 2.05) is 30.8 Å². The summed E-state index contributed by atoms with van der Waals surface area (Å²) >= 11 is 7.84. The number of aryl methyl sites for hydroxylation is 1. The van der Waals surface area contributed by atoms with E-state index in [1.54, 1.807) is 0 Å². The van der Waals surface area contributed by atoms with Crippen LogP contribution >= 0.6 is 23.4 Å². The predicted molar refractivity (Wildman–Crippen MR) is 79.4 cm³/mol. The molecule has 0 aliphatic carbocycles. The molecule has 2 rings (SSSR count). The fourth-order valence-corrected chi connectivity index (χ4v) is 2.32. The van der Waals surface area contributed by atoms with Gasteiger partial charge in [0.2, 0.25) is 0 Å². The van der Waals surface area contributed by atoms with Crippen LogP contribution in [-0.2, 0) is 12.4 Å². The third-order valence-electron chi connectivity index (χ3n) is 3.02. The second kappa shape index (κ2) is 5.10. The zero-order valence-electron chi connectivity index (χ0n) is 11.2. The summed E-state index contributed by atoms with van der Waals surface area (Å²) < 4.78 is 2.28. The molecule has 0 atom stereocenters. The number of rotatable bonds is 4. The number of imidazole rings is 1. The van der Waals surface area contributed by atoms with Crippen molar-refractivity contribution in [2.24, 2.45) is 0 Å². The molecule has 0 spiro atoms. The second-order valence-electron chi connectivity index (χ2n) is 5.01. The summed E-state index contributed by atoms with van der Waals surface area (Å²) in [6.45, 7) is 7.30. The molecule has 0 aliphatic heterocycles. The Bertz CT molecular complexity index is 563. The minimum atomic E-state index is 0.139. The van der Waals surface area contributed by atoms with Crippen molar-refractivity contribution in [1.29, 1.82) is 0 Å². The van der Waals surface area contributed by atoms with Crippen molar-refractivity contribution in [2.45, 2.75) is 37.9 Å². The molecule has 0 aromatic carbocycles. The minimum absolute atomic E-state index is 0.139. The first-order valence-electron chi connectivity index (χ1n) is 5.91. The molecule has 0 fully saturated rings. The predicted octanol–water partition coefficient (Wildman–Crippen LogP) is 3.62. The van der Waals surface area contributed by atoms with Crippen LogP contribution in [0, 0.1) is 6.92 Å². The van der Waals surface area contributed by atoms with Crippen LogP contribution in [0.25, 0.3) is 11.2 Å². The molecule has 2 aromatic rings. The first kappa shape index (κ1) is 13.7. The summed E-state index contributed by atoms with van der Waals surface area (Å²) in [5.74, 6) is 1.31. The van der Waals surface area contributed by atoms with Gasteiger partial charge in [0.05, 0.1) is 5.88 Å². The van der Waals surface area contributed by atoms with Crippen LogP contribution in [0.4, 0.5) is 0 Å². The molecule has 98 valence electrons. The molecular formula is C13H18ClN3S. The summed E-state index contributed by atoms with van der Waals surface area (Å²) in [6, 6.07) is 3.99. The van der Waals surface area contributed by atoms with Gasteiger partial charge in [-0.15, -0.1) is 11.6 Å². The molecule has 0 amide bonds. The fraction of sp³-hybridized carbons (Fsp3) is 0.538. The minimum Gasteiger partial charge on any atom is -0.310 e. The number of hydrogen-bond donors (Lipinski definition) is 0. The molecular weight excluding hydrogens is 266 g/mol. The summed E-state index contributed by atoms with van der Waals surface area (Å²) in [5, 5.41) is 0. The molecule has 18 heavy (non-hydrogen) atoms. The van der Waals surface area contributed by atoms with Crippen LogP contribution in [0.5, 0.6) is 0 Å². The Labute approximate surface area is 117 Å². The van der Waals surface area contributed by atoms with E-state index in [1.165, 1.54) is 0 Å². The van der Waals surface area contributed by atoms with Crippen LogP contribution in [0.15, 0.2) is 12.1 Å². The number of hydrogen-bond acceptors (Lipinski definition) is 3. The zero-order valence-corrected chi connectivity index (χ0v) is 12.8. The Morgan fingerprint density at radius 1 is 1.33 bits per heavy atom. The van der Waals surface area contributed by atoms with Crippen LogP contribution in [0.2, 0.25) is 0 Å². The number of halogens is 1. The van der Waals surface area contributed by atoms with Gasteiger partial charge in [-0.3, -0.25) is 0 Å². The van der Waals surface area contributed by atoms with E-state index in [0.717, 1.165) is 29.2 Å². The number of thioether (sulfide) groups is 1. The molecule has 0 unspecified atom stereocenters. The van der Waals surface area contributed by atoms with E-state index in [9.17, 15) is 0 Å². The van der Waals surface area contributed by atoms with Crippen molar-refractivity contribution in [3.8, 4) is 0 Å². The third kappa shape index (κ3) is 2.64. The number of fused-ring (bicyclic) bond motifs is 1. The Balaban J connectivity index is 2.55. The fourth-order valence-electron chi connectivity index (χ4n) is 1.86. The van der Waals surface area contributed by atoms with Crippen molar-refractivity contribution >= 4 is 34.5 Å². The van der Waals surface area contributed by atoms with Gasteiger partial charge in [0.15, 0.2) is 5.65 Å². The Morgan fingerprint density at radius 3 is 2.67 bits per heavy atom. The lowest BCUT2D eigenvalue weighted by Gasteiger charge is -2.23. The standard InChI is InChI=1S/C13H18ClN3S/c1-9-5-6-10-12(15-9)17(11(7-14)16-10)8-13(2,3)18-4/h5-6H,7-8H2,1-4H3. The van der Waals surface area contributed by atoms with Crippen molar-refractivity contribution in [3.63, 3.8) is 0 Å². The Kier molecular flexibility index (Phi) is 3.87. The van der Waals surface area contributed by atoms with E-state index in [0.29, 0.717) is 5.88 Å². The van der Waals surface area contributed by atoms with Gasteiger partial charge in [0.1, 0.15) is 11.3 Å². The third-order valence-corrected chi connectivity index (χ3v) is 4.49. The van der Waals surface area contributed by atoms with Crippen molar-refractivity contribution in [1.82, 2.24) is 14.5 Å². The highest BCUT2D eigenvalue weighted by molar-refractivity contribution is 7.99. The maximum absolute atomic E-state index is 6.00. The van der Waals surface area contributed by atoms with Gasteiger partial charge in [-0.2, -0.15) is 11.8 Å². The van der Waals surface area contributed by atoms with Gasteiger partial charge >= 0.3 is 0 Å². The van der Waals surface area contributed by atoms with Crippen LogP contribution in [-0.4, -0.2) is 25.5 Å². The number of nitrogens with zero attached hydrogens (tertiary/aromatic N) is 3. The Morgan fingerprint density at radius 2 is 2.06 bits per heavy atom. The zero-order chi connectivity index (χ0) is 13.3. The quantitative estimate of drug-likeness (QED) is 0.803. The van der Waals surface area contributed by atoms with E-state index in [2.05, 4.69) is 34.6 Å². The molecule has 2 heterocycles. The number of alkyl halides is 1. The number of pyridine rings is 1. The molecule has 5 heteroatoms. The van der Waals surface area contributed by atoms with Crippen molar-refractivity contribution in [2.75, 3.05) is 6.26 Å². The molecule has 0 N–H and O–H groups in total. The summed E-state index contributed by atoms with van der Waals surface area (Å²) in [7, 11) is 0. The average molecular weight is 284 g/mol. The SMILES string of the molecule is CSC(C)(C)Cn1c(CCl)nc2ccc(C)nc21. The highest BCUT2D eigenvalue weighted by atomic mass is 35.5. The molecule has 3 nitrogen and oxygen atoms in total. The average Bonchev–Trinajstić information content (AvgIpc) is 2.67. The van der Waals surface area contributed by atoms with Crippen LogP contribution in [0.1, 0.15) is 25.4 Å². The van der Waals surface area contributed by atoms with Crippen molar-refractivity contribution < 1.29 is 0 Å². The largest absolute Gasteiger partial charge is 0.310 e. The van der Waals surface area contributed by atoms with Gasteiger partial charge in [0, 0.05) is 17.0 Å². The van der Waals surface area contributed by atoms with Gasteiger partial charge in [-0.1, -0.05) is 0 Å². The Hall–Kier alpha value is -0.740. The van der Waals surface area contributed by atoms with Gasteiger partial charge in [-0.25, -0.2) is 9.97 Å². The highest BCUT2D eigenvalue weighted by Gasteiger charge is 2.21. The number of aromatic nitrogens is 3. The summed E-state index contributed by atoms with van der Waals surface area (Å²) in [5.41, 5.74) is 2.87. The molecule has 2 aromatic heterocycles.